The van der Waals surface area contributed by atoms with Crippen molar-refractivity contribution in [2.45, 2.75) is 19.9 Å². The number of carbonyl (C=O) groups is 2. The second-order valence-electron chi connectivity index (χ2n) is 6.73. The third kappa shape index (κ3) is 4.76. The predicted molar refractivity (Wildman–Crippen MR) is 114 cm³/mol. The summed E-state index contributed by atoms with van der Waals surface area (Å²) in [7, 11) is 0. The summed E-state index contributed by atoms with van der Waals surface area (Å²) in [6.07, 6.45) is 0. The molecule has 148 valence electrons. The number of benzene rings is 3. The smallest absolute Gasteiger partial charge is 0.255 e. The van der Waals surface area contributed by atoms with E-state index in [9.17, 15) is 14.7 Å². The number of phenols is 1. The largest absolute Gasteiger partial charge is 0.507 e. The van der Waals surface area contributed by atoms with Gasteiger partial charge in [-0.25, -0.2) is 0 Å². The van der Waals surface area contributed by atoms with E-state index < -0.39 is 17.9 Å². The Morgan fingerprint density at radius 1 is 0.897 bits per heavy atom. The summed E-state index contributed by atoms with van der Waals surface area (Å²) in [5, 5.41) is 16.1. The van der Waals surface area contributed by atoms with Gasteiger partial charge in [0.05, 0.1) is 5.56 Å². The van der Waals surface area contributed by atoms with Crippen LogP contribution in [-0.2, 0) is 4.79 Å². The number of aromatic hydroxyl groups is 1. The van der Waals surface area contributed by atoms with E-state index in [2.05, 4.69) is 10.6 Å². The average Bonchev–Trinajstić information content (AvgIpc) is 2.70. The Labute approximate surface area is 174 Å². The first-order chi connectivity index (χ1) is 13.9. The van der Waals surface area contributed by atoms with E-state index in [0.717, 1.165) is 11.1 Å². The standard InChI is InChI=1S/C23H21ClN2O3/c1-14-6-5-7-15(2)20(14)25-23(29)21(16-10-12-17(24)13-11-16)26-22(28)18-8-3-4-9-19(18)27/h3-13,21,27H,1-2H3,(H,25,29)(H,26,28)/t21-/m1/s1. The molecular formula is C23H21ClN2O3. The quantitative estimate of drug-likeness (QED) is 0.568. The molecule has 2 amide bonds. The molecule has 0 heterocycles. The van der Waals surface area contributed by atoms with Crippen molar-refractivity contribution >= 4 is 29.1 Å². The highest BCUT2D eigenvalue weighted by atomic mass is 35.5. The minimum atomic E-state index is -0.974. The third-order valence-electron chi connectivity index (χ3n) is 4.62. The van der Waals surface area contributed by atoms with E-state index in [1.165, 1.54) is 12.1 Å². The second kappa shape index (κ2) is 8.80. The topological polar surface area (TPSA) is 78.4 Å². The number of halogens is 1. The first kappa shape index (κ1) is 20.4. The van der Waals surface area contributed by atoms with Gasteiger partial charge in [0.1, 0.15) is 11.8 Å². The van der Waals surface area contributed by atoms with Gasteiger partial charge in [0, 0.05) is 10.7 Å². The summed E-state index contributed by atoms with van der Waals surface area (Å²) >= 11 is 5.97. The van der Waals surface area contributed by atoms with Crippen molar-refractivity contribution in [2.24, 2.45) is 0 Å². The molecule has 3 N–H and O–H groups in total. The van der Waals surface area contributed by atoms with Gasteiger partial charge in [-0.05, 0) is 54.8 Å². The van der Waals surface area contributed by atoms with Gasteiger partial charge >= 0.3 is 0 Å². The van der Waals surface area contributed by atoms with E-state index in [4.69, 9.17) is 11.6 Å². The minimum absolute atomic E-state index is 0.0892. The maximum atomic E-state index is 13.1. The predicted octanol–water partition coefficient (Wildman–Crippen LogP) is 4.77. The molecule has 0 spiro atoms. The zero-order chi connectivity index (χ0) is 21.0. The Morgan fingerprint density at radius 2 is 1.52 bits per heavy atom. The Kier molecular flexibility index (Phi) is 6.20. The zero-order valence-corrected chi connectivity index (χ0v) is 16.8. The van der Waals surface area contributed by atoms with Crippen LogP contribution in [0, 0.1) is 13.8 Å². The van der Waals surface area contributed by atoms with E-state index in [-0.39, 0.29) is 11.3 Å². The van der Waals surface area contributed by atoms with Crippen LogP contribution in [-0.4, -0.2) is 16.9 Å². The highest BCUT2D eigenvalue weighted by Gasteiger charge is 2.25. The lowest BCUT2D eigenvalue weighted by Gasteiger charge is -2.21. The molecule has 29 heavy (non-hydrogen) atoms. The third-order valence-corrected chi connectivity index (χ3v) is 4.87. The van der Waals surface area contributed by atoms with Crippen LogP contribution in [0.2, 0.25) is 5.02 Å². The number of carbonyl (C=O) groups excluding carboxylic acids is 2. The Bertz CT molecular complexity index is 1030. The summed E-state index contributed by atoms with van der Waals surface area (Å²) in [5.41, 5.74) is 3.20. The molecule has 0 saturated heterocycles. The van der Waals surface area contributed by atoms with Crippen molar-refractivity contribution in [1.82, 2.24) is 5.32 Å². The molecule has 3 aromatic rings. The number of nitrogens with one attached hydrogen (secondary N) is 2. The fraction of sp³-hybridized carbons (Fsp3) is 0.130. The molecule has 3 rings (SSSR count). The van der Waals surface area contributed by atoms with Crippen LogP contribution >= 0.6 is 11.6 Å². The fourth-order valence-electron chi connectivity index (χ4n) is 3.04. The van der Waals surface area contributed by atoms with Crippen molar-refractivity contribution in [3.8, 4) is 5.75 Å². The van der Waals surface area contributed by atoms with E-state index in [0.29, 0.717) is 16.3 Å². The van der Waals surface area contributed by atoms with Crippen LogP contribution in [0.25, 0.3) is 0 Å². The van der Waals surface area contributed by atoms with Crippen molar-refractivity contribution in [3.63, 3.8) is 0 Å². The Balaban J connectivity index is 1.93. The average molecular weight is 409 g/mol. The van der Waals surface area contributed by atoms with Crippen molar-refractivity contribution < 1.29 is 14.7 Å². The number of aryl methyl sites for hydroxylation is 2. The molecule has 0 aliphatic rings. The number of anilines is 1. The number of para-hydroxylation sites is 2. The van der Waals surface area contributed by atoms with Gasteiger partial charge in [-0.15, -0.1) is 0 Å². The summed E-state index contributed by atoms with van der Waals surface area (Å²) < 4.78 is 0. The number of phenolic OH excluding ortho intramolecular Hbond substituents is 1. The first-order valence-electron chi connectivity index (χ1n) is 9.08. The maximum absolute atomic E-state index is 13.1. The lowest BCUT2D eigenvalue weighted by atomic mass is 10.0. The molecule has 0 aliphatic heterocycles. The van der Waals surface area contributed by atoms with Crippen LogP contribution < -0.4 is 10.6 Å². The molecule has 0 saturated carbocycles. The zero-order valence-electron chi connectivity index (χ0n) is 16.1. The number of amides is 2. The van der Waals surface area contributed by atoms with E-state index >= 15 is 0 Å². The molecule has 5 nitrogen and oxygen atoms in total. The van der Waals surface area contributed by atoms with Crippen LogP contribution in [0.3, 0.4) is 0 Å². The lowest BCUT2D eigenvalue weighted by molar-refractivity contribution is -0.118. The van der Waals surface area contributed by atoms with Crippen LogP contribution in [0.5, 0.6) is 5.75 Å². The Hall–Kier alpha value is -3.31. The molecule has 0 unspecified atom stereocenters. The first-order valence-corrected chi connectivity index (χ1v) is 9.46. The van der Waals surface area contributed by atoms with Gasteiger partial charge in [0.25, 0.3) is 11.8 Å². The normalized spacial score (nSPS) is 11.6. The molecule has 6 heteroatoms. The maximum Gasteiger partial charge on any atom is 0.255 e. The van der Waals surface area contributed by atoms with Crippen molar-refractivity contribution in [2.75, 3.05) is 5.32 Å². The highest BCUT2D eigenvalue weighted by Crippen LogP contribution is 2.24. The summed E-state index contributed by atoms with van der Waals surface area (Å²) in [5.74, 6) is -1.11. The van der Waals surface area contributed by atoms with Gasteiger partial charge in [-0.2, -0.15) is 0 Å². The minimum Gasteiger partial charge on any atom is -0.507 e. The molecule has 0 aromatic heterocycles. The summed E-state index contributed by atoms with van der Waals surface area (Å²) in [4.78, 5) is 25.9. The second-order valence-corrected chi connectivity index (χ2v) is 7.17. The highest BCUT2D eigenvalue weighted by molar-refractivity contribution is 6.30. The fourth-order valence-corrected chi connectivity index (χ4v) is 3.16. The molecule has 1 atom stereocenters. The molecule has 0 fully saturated rings. The Morgan fingerprint density at radius 3 is 2.14 bits per heavy atom. The molecule has 0 bridgehead atoms. The molecule has 0 aliphatic carbocycles. The van der Waals surface area contributed by atoms with Gasteiger partial charge < -0.3 is 15.7 Å². The summed E-state index contributed by atoms with van der Waals surface area (Å²) in [6.45, 7) is 3.81. The van der Waals surface area contributed by atoms with Crippen molar-refractivity contribution in [3.05, 3.63) is 94.0 Å². The van der Waals surface area contributed by atoms with Gasteiger partial charge in [0.15, 0.2) is 0 Å². The molecule has 0 radical (unpaired) electrons. The van der Waals surface area contributed by atoms with E-state index in [1.54, 1.807) is 36.4 Å². The van der Waals surface area contributed by atoms with Crippen LogP contribution in [0.4, 0.5) is 5.69 Å². The molecular weight excluding hydrogens is 388 g/mol. The summed E-state index contributed by atoms with van der Waals surface area (Å²) in [6, 6.07) is 17.6. The van der Waals surface area contributed by atoms with Gasteiger partial charge in [-0.3, -0.25) is 9.59 Å². The van der Waals surface area contributed by atoms with Gasteiger partial charge in [0.2, 0.25) is 0 Å². The SMILES string of the molecule is Cc1cccc(C)c1NC(=O)[C@H](NC(=O)c1ccccc1O)c1ccc(Cl)cc1. The van der Waals surface area contributed by atoms with E-state index in [1.807, 2.05) is 32.0 Å². The monoisotopic (exact) mass is 408 g/mol. The lowest BCUT2D eigenvalue weighted by Crippen LogP contribution is -2.37. The molecule has 3 aromatic carbocycles. The number of hydrogen-bond acceptors (Lipinski definition) is 3. The number of hydrogen-bond donors (Lipinski definition) is 3. The van der Waals surface area contributed by atoms with Crippen LogP contribution in [0.15, 0.2) is 66.7 Å². The van der Waals surface area contributed by atoms with Crippen molar-refractivity contribution in [1.29, 1.82) is 0 Å². The van der Waals surface area contributed by atoms with Gasteiger partial charge in [-0.1, -0.05) is 54.1 Å². The number of rotatable bonds is 5. The van der Waals surface area contributed by atoms with Crippen LogP contribution in [0.1, 0.15) is 33.1 Å².